The van der Waals surface area contributed by atoms with Gasteiger partial charge in [0.05, 0.1) is 40.2 Å². The second-order valence-corrected chi connectivity index (χ2v) is 21.1. The molecule has 65 heavy (non-hydrogen) atoms. The van der Waals surface area contributed by atoms with Crippen LogP contribution in [0.5, 0.6) is 5.75 Å². The molecule has 1 N–H and O–H groups in total. The van der Waals surface area contributed by atoms with E-state index in [4.69, 9.17) is 21.3 Å². The Labute approximate surface area is 385 Å². The molecule has 4 saturated heterocycles. The largest absolute Gasteiger partial charge is 0.492 e. The van der Waals surface area contributed by atoms with Gasteiger partial charge in [0.2, 0.25) is 11.8 Å². The van der Waals surface area contributed by atoms with E-state index in [9.17, 15) is 19.2 Å². The highest BCUT2D eigenvalue weighted by atomic mass is 35.5. The van der Waals surface area contributed by atoms with Crippen molar-refractivity contribution in [1.82, 2.24) is 34.5 Å². The summed E-state index contributed by atoms with van der Waals surface area (Å²) < 4.78 is 8.74. The van der Waals surface area contributed by atoms with Gasteiger partial charge in [0.25, 0.3) is 11.5 Å². The molecule has 340 valence electrons. The van der Waals surface area contributed by atoms with Crippen molar-refractivity contribution in [2.75, 3.05) is 59.0 Å². The van der Waals surface area contributed by atoms with Crippen molar-refractivity contribution in [2.24, 2.45) is 0 Å². The topological polar surface area (TPSA) is 120 Å². The first-order valence-electron chi connectivity index (χ1n) is 24.7. The summed E-state index contributed by atoms with van der Waals surface area (Å²) in [6.07, 6.45) is 14.3. The molecule has 0 bridgehead atoms. The molecule has 1 saturated carbocycles. The van der Waals surface area contributed by atoms with E-state index in [0.29, 0.717) is 47.5 Å². The Morgan fingerprint density at radius 1 is 0.800 bits per heavy atom. The van der Waals surface area contributed by atoms with Crippen LogP contribution in [-0.2, 0) is 27.0 Å². The predicted molar refractivity (Wildman–Crippen MR) is 249 cm³/mol. The van der Waals surface area contributed by atoms with Crippen LogP contribution in [0.15, 0.2) is 53.3 Å². The van der Waals surface area contributed by atoms with E-state index in [1.165, 1.54) is 48.1 Å². The molecule has 7 aliphatic heterocycles. The number of carbonyl (C=O) groups is 3. The van der Waals surface area contributed by atoms with E-state index in [1.807, 2.05) is 18.2 Å². The van der Waals surface area contributed by atoms with Crippen molar-refractivity contribution in [2.45, 2.75) is 125 Å². The van der Waals surface area contributed by atoms with E-state index in [2.05, 4.69) is 48.8 Å². The van der Waals surface area contributed by atoms with Crippen molar-refractivity contribution in [3.8, 4) is 11.4 Å². The molecule has 12 rings (SSSR count). The minimum Gasteiger partial charge on any atom is -0.492 e. The van der Waals surface area contributed by atoms with Gasteiger partial charge in [-0.1, -0.05) is 55.1 Å². The average Bonchev–Trinajstić information content (AvgIpc) is 3.94. The molecule has 0 unspecified atom stereocenters. The number of imide groups is 1. The number of carbonyl (C=O) groups excluding carboxylic acids is 3. The summed E-state index contributed by atoms with van der Waals surface area (Å²) in [5.41, 5.74) is 7.16. The van der Waals surface area contributed by atoms with Gasteiger partial charge in [-0.2, -0.15) is 4.98 Å². The van der Waals surface area contributed by atoms with Gasteiger partial charge in [-0.25, -0.2) is 0 Å². The smallest absolute Gasteiger partial charge is 0.282 e. The monoisotopic (exact) mass is 897 g/mol. The number of hydrogen-bond donors (Lipinski definition) is 1. The van der Waals surface area contributed by atoms with Gasteiger partial charge in [-0.15, -0.1) is 0 Å². The summed E-state index contributed by atoms with van der Waals surface area (Å²) in [6, 6.07) is 17.1. The number of nitrogens with one attached hydrogen (secondary N) is 1. The quantitative estimate of drug-likeness (QED) is 0.199. The van der Waals surface area contributed by atoms with Gasteiger partial charge in [0, 0.05) is 34.6 Å². The van der Waals surface area contributed by atoms with Crippen LogP contribution >= 0.6 is 11.6 Å². The second-order valence-electron chi connectivity index (χ2n) is 20.6. The molecule has 1 aliphatic carbocycles. The first-order valence-corrected chi connectivity index (χ1v) is 25.1. The van der Waals surface area contributed by atoms with Crippen LogP contribution in [0.3, 0.4) is 0 Å². The number of likely N-dealkylation sites (tertiary alicyclic amines) is 3. The molecule has 1 atom stereocenters. The summed E-state index contributed by atoms with van der Waals surface area (Å²) in [5.74, 6) is 1.50. The highest BCUT2D eigenvalue weighted by Crippen LogP contribution is 2.53. The SMILES string of the molecule is O=C1CC[C@H](N2Cc3c(ccc4c3OCC43CCN(C4CCN(CCCN5CCC(c6ccc7c(c6)-n6c(nc(=O)c8c(Cl)cccc86)C76CCCCC6)CC5)CC4)CC3)C2=O)C(=O)N1. The number of aromatic nitrogens is 2. The lowest BCUT2D eigenvalue weighted by molar-refractivity contribution is -0.136. The highest BCUT2D eigenvalue weighted by molar-refractivity contribution is 6.35. The van der Waals surface area contributed by atoms with E-state index in [1.54, 1.807) is 11.0 Å². The van der Waals surface area contributed by atoms with E-state index in [0.717, 1.165) is 126 Å². The number of halogens is 1. The number of nitrogens with zero attached hydrogens (tertiary/aromatic N) is 6. The second kappa shape index (κ2) is 16.3. The summed E-state index contributed by atoms with van der Waals surface area (Å²) in [5, 5.41) is 3.41. The fourth-order valence-electron chi connectivity index (χ4n) is 13.7. The number of benzene rings is 3. The van der Waals surface area contributed by atoms with Crippen molar-refractivity contribution < 1.29 is 19.1 Å². The van der Waals surface area contributed by atoms with Crippen molar-refractivity contribution >= 4 is 40.2 Å². The molecule has 3 aromatic carbocycles. The number of fused-ring (bicyclic) bond motifs is 11. The summed E-state index contributed by atoms with van der Waals surface area (Å²) in [7, 11) is 0. The van der Waals surface area contributed by atoms with Crippen LogP contribution in [0.25, 0.3) is 16.6 Å². The average molecular weight is 899 g/mol. The Bertz CT molecular complexity index is 2650. The van der Waals surface area contributed by atoms with Crippen LogP contribution < -0.4 is 15.6 Å². The van der Waals surface area contributed by atoms with Gasteiger partial charge >= 0.3 is 0 Å². The minimum absolute atomic E-state index is 0.0302. The summed E-state index contributed by atoms with van der Waals surface area (Å²) >= 11 is 6.63. The van der Waals surface area contributed by atoms with Crippen molar-refractivity contribution in [1.29, 1.82) is 0 Å². The van der Waals surface area contributed by atoms with E-state index >= 15 is 0 Å². The summed E-state index contributed by atoms with van der Waals surface area (Å²) in [6.45, 7) is 10.0. The number of rotatable bonds is 7. The first kappa shape index (κ1) is 41.8. The summed E-state index contributed by atoms with van der Waals surface area (Å²) in [4.78, 5) is 65.8. The van der Waals surface area contributed by atoms with Gasteiger partial charge in [-0.3, -0.25) is 29.1 Å². The molecule has 0 radical (unpaired) electrons. The Kier molecular flexibility index (Phi) is 10.5. The molecule has 13 heteroatoms. The molecular weight excluding hydrogens is 838 g/mol. The van der Waals surface area contributed by atoms with E-state index < -0.39 is 6.04 Å². The third-order valence-electron chi connectivity index (χ3n) is 17.3. The van der Waals surface area contributed by atoms with Crippen LogP contribution in [0.4, 0.5) is 0 Å². The standard InChI is InChI=1S/C52H60ClN7O5/c53-40-6-4-7-41-45(40)48(63)55-50-52(18-2-1-3-19-52)38-10-8-34(30-43(38)60(41)50)33-14-24-56(25-15-33)22-5-23-57-26-16-35(17-27-57)58-28-20-51(21-29-58)32-65-46-37-31-59(42-12-13-44(61)54-47(42)62)49(64)36(37)9-11-39(46)51/h4,6-11,30,33,35,42H,1-3,5,12-29,31-32H2,(H,54,61,62)/t42-/m0/s1. The molecule has 8 heterocycles. The van der Waals surface area contributed by atoms with Gasteiger partial charge in [-0.05, 0) is 158 Å². The lowest BCUT2D eigenvalue weighted by Crippen LogP contribution is -2.52. The van der Waals surface area contributed by atoms with Crippen LogP contribution in [0, 0.1) is 0 Å². The predicted octanol–water partition coefficient (Wildman–Crippen LogP) is 6.82. The maximum Gasteiger partial charge on any atom is 0.282 e. The minimum atomic E-state index is -0.619. The van der Waals surface area contributed by atoms with Crippen molar-refractivity contribution in [3.05, 3.63) is 97.5 Å². The molecule has 3 amide bonds. The molecule has 12 nitrogen and oxygen atoms in total. The number of ether oxygens (including phenoxy) is 1. The van der Waals surface area contributed by atoms with Crippen molar-refractivity contribution in [3.63, 3.8) is 0 Å². The zero-order valence-corrected chi connectivity index (χ0v) is 38.2. The lowest BCUT2D eigenvalue weighted by atomic mass is 9.69. The van der Waals surface area contributed by atoms with Crippen LogP contribution in [-0.4, -0.2) is 118 Å². The van der Waals surface area contributed by atoms with E-state index in [-0.39, 0.29) is 40.5 Å². The molecular formula is C52H60ClN7O5. The molecule has 4 aromatic rings. The van der Waals surface area contributed by atoms with Gasteiger partial charge in [0.15, 0.2) is 0 Å². The fourth-order valence-corrected chi connectivity index (χ4v) is 13.9. The zero-order chi connectivity index (χ0) is 44.0. The van der Waals surface area contributed by atoms with Gasteiger partial charge < -0.3 is 24.3 Å². The normalized spacial score (nSPS) is 24.7. The van der Waals surface area contributed by atoms with Gasteiger partial charge in [0.1, 0.15) is 17.6 Å². The Morgan fingerprint density at radius 2 is 1.54 bits per heavy atom. The number of piperidine rings is 4. The first-order chi connectivity index (χ1) is 31.7. The Balaban J connectivity index is 0.620. The molecule has 1 aromatic heterocycles. The number of amides is 3. The Hall–Kier alpha value is -4.62. The maximum atomic E-state index is 13.4. The third-order valence-corrected chi connectivity index (χ3v) is 17.7. The third kappa shape index (κ3) is 6.90. The molecule has 2 spiro atoms. The molecule has 8 aliphatic rings. The highest BCUT2D eigenvalue weighted by Gasteiger charge is 2.49. The molecule has 5 fully saturated rings. The van der Waals surface area contributed by atoms with Crippen LogP contribution in [0.2, 0.25) is 5.02 Å². The zero-order valence-electron chi connectivity index (χ0n) is 37.4. The Morgan fingerprint density at radius 3 is 2.29 bits per heavy atom. The van der Waals surface area contributed by atoms with Crippen LogP contribution in [0.1, 0.15) is 134 Å². The maximum absolute atomic E-state index is 13.4. The fraction of sp³-hybridized carbons (Fsp3) is 0.558. The number of hydrogen-bond acceptors (Lipinski definition) is 9. The lowest BCUT2D eigenvalue weighted by Gasteiger charge is -2.44.